The molecule has 0 aliphatic carbocycles. The van der Waals surface area contributed by atoms with Gasteiger partial charge in [-0.3, -0.25) is 23.8 Å². The second-order valence-corrected chi connectivity index (χ2v) is 10.5. The second kappa shape index (κ2) is 14.5. The standard InChI is InChI=1S/C26H46O13/c1-4-6-8-10-12-14-18(16-20(27)28)35-21(29)17-19(15-13-11-9-7-5-2)36-23(3)26(34,37-23)39-24(22(30)31)25(32,33)38-24/h18-19,22,30-34H,4-17H2,1-3H3,(H,27,28). The van der Waals surface area contributed by atoms with Crippen molar-refractivity contribution in [3.8, 4) is 0 Å². The highest BCUT2D eigenvalue weighted by atomic mass is 17.1. The molecule has 39 heavy (non-hydrogen) atoms. The van der Waals surface area contributed by atoms with Crippen molar-refractivity contribution in [2.45, 2.75) is 153 Å². The predicted molar refractivity (Wildman–Crippen MR) is 133 cm³/mol. The fourth-order valence-electron chi connectivity index (χ4n) is 4.49. The van der Waals surface area contributed by atoms with Gasteiger partial charge in [0.15, 0.2) is 0 Å². The van der Waals surface area contributed by atoms with Crippen LogP contribution in [0.3, 0.4) is 0 Å². The number of hydrogen-bond donors (Lipinski definition) is 6. The number of ether oxygens (including phenoxy) is 5. The molecule has 0 radical (unpaired) electrons. The lowest BCUT2D eigenvalue weighted by Gasteiger charge is -2.24. The molecule has 5 unspecified atom stereocenters. The lowest BCUT2D eigenvalue weighted by molar-refractivity contribution is -0.324. The van der Waals surface area contributed by atoms with Crippen molar-refractivity contribution < 1.29 is 63.9 Å². The molecule has 0 aromatic rings. The Morgan fingerprint density at radius 3 is 1.77 bits per heavy atom. The first-order valence-corrected chi connectivity index (χ1v) is 14.0. The Morgan fingerprint density at radius 1 is 0.795 bits per heavy atom. The van der Waals surface area contributed by atoms with Gasteiger partial charge in [0.1, 0.15) is 6.10 Å². The molecule has 0 bridgehead atoms. The van der Waals surface area contributed by atoms with Crippen LogP contribution in [-0.4, -0.2) is 84.6 Å². The number of carboxylic acid groups (broad SMARTS) is 1. The van der Waals surface area contributed by atoms with Crippen LogP contribution in [0.15, 0.2) is 0 Å². The minimum Gasteiger partial charge on any atom is -0.481 e. The van der Waals surface area contributed by atoms with Gasteiger partial charge in [-0.1, -0.05) is 71.6 Å². The van der Waals surface area contributed by atoms with Crippen LogP contribution in [0, 0.1) is 0 Å². The van der Waals surface area contributed by atoms with Gasteiger partial charge in [-0.2, -0.15) is 0 Å². The van der Waals surface area contributed by atoms with E-state index in [1.54, 1.807) is 0 Å². The van der Waals surface area contributed by atoms with Gasteiger partial charge >= 0.3 is 29.7 Å². The summed E-state index contributed by atoms with van der Waals surface area (Å²) in [5, 5.41) is 58.0. The minimum absolute atomic E-state index is 0.261. The number of aliphatic hydroxyl groups is 5. The molecule has 2 rings (SSSR count). The molecule has 0 spiro atoms. The van der Waals surface area contributed by atoms with Crippen LogP contribution in [0.4, 0.5) is 0 Å². The van der Waals surface area contributed by atoms with Crippen LogP contribution in [-0.2, 0) is 33.3 Å². The SMILES string of the molecule is CCCCCCCC(CC(=O)O)OC(=O)CC(CCCCCCC)OC1(C)OC1(O)OC1(C(O)O)OC1(O)O. The van der Waals surface area contributed by atoms with Gasteiger partial charge in [0.05, 0.1) is 18.9 Å². The Balaban J connectivity index is 2.00. The summed E-state index contributed by atoms with van der Waals surface area (Å²) in [6.45, 7) is 5.44. The third-order valence-electron chi connectivity index (χ3n) is 6.95. The lowest BCUT2D eigenvalue weighted by atomic mass is 10.0. The van der Waals surface area contributed by atoms with Crippen molar-refractivity contribution in [1.29, 1.82) is 0 Å². The van der Waals surface area contributed by atoms with Crippen LogP contribution in [0.5, 0.6) is 0 Å². The van der Waals surface area contributed by atoms with Gasteiger partial charge in [0.2, 0.25) is 6.29 Å². The van der Waals surface area contributed by atoms with Gasteiger partial charge in [-0.05, 0) is 26.2 Å². The predicted octanol–water partition coefficient (Wildman–Crippen LogP) is 1.95. The lowest BCUT2D eigenvalue weighted by Crippen LogP contribution is -2.46. The molecule has 13 heteroatoms. The molecule has 13 nitrogen and oxygen atoms in total. The Bertz CT molecular complexity index is 790. The molecule has 5 atom stereocenters. The van der Waals surface area contributed by atoms with Crippen molar-refractivity contribution in [3.05, 3.63) is 0 Å². The van der Waals surface area contributed by atoms with E-state index in [4.69, 9.17) is 18.9 Å². The molecule has 0 aromatic heterocycles. The fourth-order valence-corrected chi connectivity index (χ4v) is 4.49. The molecule has 2 fully saturated rings. The van der Waals surface area contributed by atoms with E-state index >= 15 is 0 Å². The third-order valence-corrected chi connectivity index (χ3v) is 6.95. The smallest absolute Gasteiger partial charge is 0.344 e. The zero-order chi connectivity index (χ0) is 29.3. The second-order valence-electron chi connectivity index (χ2n) is 10.5. The molecule has 2 aliphatic heterocycles. The quantitative estimate of drug-likeness (QED) is 0.0480. The van der Waals surface area contributed by atoms with Crippen LogP contribution in [0.25, 0.3) is 0 Å². The summed E-state index contributed by atoms with van der Waals surface area (Å²) in [7, 11) is 0. The van der Waals surface area contributed by atoms with Gasteiger partial charge in [0, 0.05) is 0 Å². The van der Waals surface area contributed by atoms with Crippen LogP contribution in [0.2, 0.25) is 0 Å². The molecule has 228 valence electrons. The highest BCUT2D eigenvalue weighted by molar-refractivity contribution is 5.72. The number of carbonyl (C=O) groups is 2. The van der Waals surface area contributed by atoms with Crippen molar-refractivity contribution in [2.24, 2.45) is 0 Å². The van der Waals surface area contributed by atoms with Gasteiger partial charge in [-0.15, -0.1) is 0 Å². The Labute approximate surface area is 229 Å². The van der Waals surface area contributed by atoms with E-state index in [1.807, 2.05) is 0 Å². The molecule has 0 amide bonds. The maximum Gasteiger partial charge on any atom is 0.344 e. The van der Waals surface area contributed by atoms with E-state index in [2.05, 4.69) is 18.6 Å². The number of esters is 1. The average Bonchev–Trinajstić information content (AvgIpc) is 3.58. The number of carboxylic acids is 1. The summed E-state index contributed by atoms with van der Waals surface area (Å²) in [6, 6.07) is 0. The number of aliphatic carboxylic acids is 1. The van der Waals surface area contributed by atoms with Crippen LogP contribution in [0.1, 0.15) is 111 Å². The van der Waals surface area contributed by atoms with Crippen molar-refractivity contribution in [3.63, 3.8) is 0 Å². The first-order chi connectivity index (χ1) is 18.2. The molecule has 0 aromatic carbocycles. The van der Waals surface area contributed by atoms with Crippen molar-refractivity contribution in [1.82, 2.24) is 0 Å². The largest absolute Gasteiger partial charge is 0.481 e. The summed E-state index contributed by atoms with van der Waals surface area (Å²) >= 11 is 0. The monoisotopic (exact) mass is 566 g/mol. The Kier molecular flexibility index (Phi) is 12.5. The van der Waals surface area contributed by atoms with Gasteiger partial charge < -0.3 is 40.1 Å². The van der Waals surface area contributed by atoms with E-state index in [0.717, 1.165) is 57.8 Å². The zero-order valence-electron chi connectivity index (χ0n) is 23.2. The fraction of sp³-hybridized carbons (Fsp3) is 0.923. The van der Waals surface area contributed by atoms with Gasteiger partial charge in [-0.25, -0.2) is 0 Å². The zero-order valence-corrected chi connectivity index (χ0v) is 23.2. The molecule has 6 N–H and O–H groups in total. The number of aliphatic hydroxyl groups excluding tert-OH is 1. The Morgan fingerprint density at radius 2 is 1.31 bits per heavy atom. The number of rotatable bonds is 22. The first-order valence-electron chi connectivity index (χ1n) is 14.0. The summed E-state index contributed by atoms with van der Waals surface area (Å²) < 4.78 is 25.9. The van der Waals surface area contributed by atoms with Crippen molar-refractivity contribution in [2.75, 3.05) is 0 Å². The van der Waals surface area contributed by atoms with E-state index in [0.29, 0.717) is 19.3 Å². The third kappa shape index (κ3) is 9.58. The molecule has 2 aliphatic rings. The molecule has 2 saturated heterocycles. The normalized spacial score (nSPS) is 28.7. The van der Waals surface area contributed by atoms with E-state index < -0.39 is 54.0 Å². The van der Waals surface area contributed by atoms with Crippen LogP contribution >= 0.6 is 0 Å². The molecular formula is C26H46O13. The highest BCUT2D eigenvalue weighted by Gasteiger charge is 2.85. The molecule has 0 saturated carbocycles. The number of carbonyl (C=O) groups excluding carboxylic acids is 1. The van der Waals surface area contributed by atoms with E-state index in [-0.39, 0.29) is 12.8 Å². The number of unbranched alkanes of at least 4 members (excludes halogenated alkanes) is 8. The summed E-state index contributed by atoms with van der Waals surface area (Å²) in [4.78, 5) is 24.1. The van der Waals surface area contributed by atoms with Crippen LogP contribution < -0.4 is 0 Å². The number of epoxide rings is 2. The van der Waals surface area contributed by atoms with Gasteiger partial charge in [0.25, 0.3) is 5.79 Å². The summed E-state index contributed by atoms with van der Waals surface area (Å²) in [5.41, 5.74) is 0. The highest BCUT2D eigenvalue weighted by Crippen LogP contribution is 2.57. The molecule has 2 heterocycles. The maximum absolute atomic E-state index is 12.8. The Hall–Kier alpha value is -1.42. The minimum atomic E-state index is -3.08. The summed E-state index contributed by atoms with van der Waals surface area (Å²) in [5.74, 6) is -12.2. The maximum atomic E-state index is 12.8. The van der Waals surface area contributed by atoms with E-state index in [9.17, 15) is 40.2 Å². The summed E-state index contributed by atoms with van der Waals surface area (Å²) in [6.07, 6.45) is 5.53. The average molecular weight is 567 g/mol. The molecular weight excluding hydrogens is 520 g/mol. The first kappa shape index (κ1) is 33.8. The number of hydrogen-bond acceptors (Lipinski definition) is 12. The van der Waals surface area contributed by atoms with E-state index in [1.165, 1.54) is 6.92 Å². The van der Waals surface area contributed by atoms with Crippen molar-refractivity contribution >= 4 is 11.9 Å². The topological polar surface area (TPSA) is 208 Å².